The van der Waals surface area contributed by atoms with E-state index in [9.17, 15) is 8.78 Å². The van der Waals surface area contributed by atoms with E-state index in [0.29, 0.717) is 18.0 Å². The van der Waals surface area contributed by atoms with E-state index in [-0.39, 0.29) is 0 Å². The van der Waals surface area contributed by atoms with Crippen LogP contribution in [0.2, 0.25) is 0 Å². The molecule has 1 aliphatic heterocycles. The number of hydrogen-bond acceptors (Lipinski definition) is 1. The predicted molar refractivity (Wildman–Crippen MR) is 67.3 cm³/mol. The molecular weight excluding hydrogens is 232 g/mol. The lowest BCUT2D eigenvalue weighted by Crippen LogP contribution is -2.27. The van der Waals surface area contributed by atoms with Crippen molar-refractivity contribution in [3.63, 3.8) is 0 Å². The van der Waals surface area contributed by atoms with Gasteiger partial charge in [0.15, 0.2) is 0 Å². The van der Waals surface area contributed by atoms with Gasteiger partial charge in [-0.1, -0.05) is 12.5 Å². The van der Waals surface area contributed by atoms with Crippen LogP contribution in [0.15, 0.2) is 18.2 Å². The summed E-state index contributed by atoms with van der Waals surface area (Å²) in [6.45, 7) is 1.13. The quantitative estimate of drug-likeness (QED) is 0.869. The van der Waals surface area contributed by atoms with Gasteiger partial charge in [0.25, 0.3) is 0 Å². The Hall–Kier alpha value is -0.960. The minimum Gasteiger partial charge on any atom is -0.313 e. The Balaban J connectivity index is 1.61. The van der Waals surface area contributed by atoms with Gasteiger partial charge in [-0.15, -0.1) is 0 Å². The number of hydrogen-bond donors (Lipinski definition) is 1. The zero-order valence-corrected chi connectivity index (χ0v) is 10.5. The second kappa shape index (κ2) is 4.96. The predicted octanol–water partition coefficient (Wildman–Crippen LogP) is 3.29. The standard InChI is InChI=1S/C15H19F2N/c16-12-6-4-10(14(17)8-12)5-7-15-13-3-1-2-11(13)9-18-15/h4,6,8,11,13,15,18H,1-3,5,7,9H2. The van der Waals surface area contributed by atoms with Crippen molar-refractivity contribution in [2.45, 2.75) is 38.1 Å². The van der Waals surface area contributed by atoms with Crippen LogP contribution in [-0.2, 0) is 6.42 Å². The van der Waals surface area contributed by atoms with E-state index in [0.717, 1.165) is 30.9 Å². The lowest BCUT2D eigenvalue weighted by molar-refractivity contribution is 0.391. The summed E-state index contributed by atoms with van der Waals surface area (Å²) in [5.41, 5.74) is 0.639. The molecule has 1 aliphatic carbocycles. The van der Waals surface area contributed by atoms with Crippen molar-refractivity contribution in [1.82, 2.24) is 5.32 Å². The van der Waals surface area contributed by atoms with Crippen LogP contribution in [0.5, 0.6) is 0 Å². The fourth-order valence-corrected chi connectivity index (χ4v) is 3.65. The van der Waals surface area contributed by atoms with Crippen LogP contribution in [0, 0.1) is 23.5 Å². The van der Waals surface area contributed by atoms with Gasteiger partial charge < -0.3 is 5.32 Å². The zero-order chi connectivity index (χ0) is 12.5. The van der Waals surface area contributed by atoms with Gasteiger partial charge in [-0.05, 0) is 55.7 Å². The molecule has 1 N–H and O–H groups in total. The van der Waals surface area contributed by atoms with Crippen molar-refractivity contribution in [2.24, 2.45) is 11.8 Å². The molecule has 3 atom stereocenters. The van der Waals surface area contributed by atoms with Crippen molar-refractivity contribution in [1.29, 1.82) is 0 Å². The Morgan fingerprint density at radius 3 is 2.94 bits per heavy atom. The van der Waals surface area contributed by atoms with Crippen molar-refractivity contribution >= 4 is 0 Å². The van der Waals surface area contributed by atoms with Gasteiger partial charge in [-0.3, -0.25) is 0 Å². The van der Waals surface area contributed by atoms with Gasteiger partial charge in [0.1, 0.15) is 11.6 Å². The Bertz CT molecular complexity index is 433. The van der Waals surface area contributed by atoms with Crippen LogP contribution in [0.25, 0.3) is 0 Å². The minimum atomic E-state index is -0.494. The van der Waals surface area contributed by atoms with E-state index in [2.05, 4.69) is 5.32 Å². The monoisotopic (exact) mass is 251 g/mol. The molecule has 1 aromatic carbocycles. The average molecular weight is 251 g/mol. The van der Waals surface area contributed by atoms with Crippen LogP contribution in [0.3, 0.4) is 0 Å². The summed E-state index contributed by atoms with van der Waals surface area (Å²) in [5, 5.41) is 3.56. The van der Waals surface area contributed by atoms with E-state index < -0.39 is 11.6 Å². The van der Waals surface area contributed by atoms with Gasteiger partial charge in [0.2, 0.25) is 0 Å². The molecule has 3 rings (SSSR count). The van der Waals surface area contributed by atoms with Crippen molar-refractivity contribution in [3.05, 3.63) is 35.4 Å². The summed E-state index contributed by atoms with van der Waals surface area (Å²) in [7, 11) is 0. The summed E-state index contributed by atoms with van der Waals surface area (Å²) >= 11 is 0. The Labute approximate surface area is 107 Å². The molecule has 0 spiro atoms. The van der Waals surface area contributed by atoms with Gasteiger partial charge in [0.05, 0.1) is 0 Å². The molecule has 0 aromatic heterocycles. The molecule has 1 nitrogen and oxygen atoms in total. The van der Waals surface area contributed by atoms with Gasteiger partial charge in [-0.25, -0.2) is 8.78 Å². The number of nitrogens with one attached hydrogen (secondary N) is 1. The number of halogens is 2. The van der Waals surface area contributed by atoms with E-state index >= 15 is 0 Å². The molecule has 2 aliphatic rings. The first-order chi connectivity index (χ1) is 8.74. The Morgan fingerprint density at radius 1 is 1.22 bits per heavy atom. The SMILES string of the molecule is Fc1ccc(CCC2NCC3CCCC32)c(F)c1. The first kappa shape index (κ1) is 12.1. The number of rotatable bonds is 3. The number of aryl methyl sites for hydroxylation is 1. The van der Waals surface area contributed by atoms with Crippen LogP contribution in [0.4, 0.5) is 8.78 Å². The van der Waals surface area contributed by atoms with Crippen LogP contribution in [0.1, 0.15) is 31.2 Å². The maximum Gasteiger partial charge on any atom is 0.129 e. The largest absolute Gasteiger partial charge is 0.313 e. The third-order valence-corrected chi connectivity index (χ3v) is 4.62. The molecule has 18 heavy (non-hydrogen) atoms. The molecule has 1 saturated heterocycles. The Kier molecular flexibility index (Phi) is 3.33. The molecule has 0 radical (unpaired) electrons. The first-order valence-corrected chi connectivity index (χ1v) is 6.91. The van der Waals surface area contributed by atoms with Gasteiger partial charge in [0, 0.05) is 12.1 Å². The van der Waals surface area contributed by atoms with E-state index in [4.69, 9.17) is 0 Å². The maximum atomic E-state index is 13.5. The molecule has 0 bridgehead atoms. The van der Waals surface area contributed by atoms with Crippen molar-refractivity contribution in [2.75, 3.05) is 6.54 Å². The normalized spacial score (nSPS) is 30.7. The average Bonchev–Trinajstić information content (AvgIpc) is 2.91. The number of benzene rings is 1. The highest BCUT2D eigenvalue weighted by Crippen LogP contribution is 2.39. The Morgan fingerprint density at radius 2 is 2.11 bits per heavy atom. The first-order valence-electron chi connectivity index (χ1n) is 6.91. The van der Waals surface area contributed by atoms with Crippen LogP contribution < -0.4 is 5.32 Å². The topological polar surface area (TPSA) is 12.0 Å². The highest BCUT2D eigenvalue weighted by atomic mass is 19.1. The molecule has 98 valence electrons. The van der Waals surface area contributed by atoms with E-state index in [1.165, 1.54) is 25.3 Å². The van der Waals surface area contributed by atoms with Gasteiger partial charge in [-0.2, -0.15) is 0 Å². The van der Waals surface area contributed by atoms with Gasteiger partial charge >= 0.3 is 0 Å². The number of fused-ring (bicyclic) bond motifs is 1. The summed E-state index contributed by atoms with van der Waals surface area (Å²) in [5.74, 6) is 0.726. The van der Waals surface area contributed by atoms with Crippen molar-refractivity contribution < 1.29 is 8.78 Å². The fraction of sp³-hybridized carbons (Fsp3) is 0.600. The summed E-state index contributed by atoms with van der Waals surface area (Å²) in [4.78, 5) is 0. The molecule has 3 unspecified atom stereocenters. The molecule has 3 heteroatoms. The van der Waals surface area contributed by atoms with E-state index in [1.807, 2.05) is 0 Å². The smallest absolute Gasteiger partial charge is 0.129 e. The highest BCUT2D eigenvalue weighted by Gasteiger charge is 2.38. The maximum absolute atomic E-state index is 13.5. The lowest BCUT2D eigenvalue weighted by Gasteiger charge is -2.18. The lowest BCUT2D eigenvalue weighted by atomic mass is 9.90. The summed E-state index contributed by atoms with van der Waals surface area (Å²) in [6, 6.07) is 4.43. The summed E-state index contributed by atoms with van der Waals surface area (Å²) in [6.07, 6.45) is 5.67. The highest BCUT2D eigenvalue weighted by molar-refractivity contribution is 5.19. The molecule has 0 amide bonds. The van der Waals surface area contributed by atoms with Crippen LogP contribution >= 0.6 is 0 Å². The molecular formula is C15H19F2N. The second-order valence-corrected chi connectivity index (χ2v) is 5.64. The molecule has 1 saturated carbocycles. The molecule has 2 fully saturated rings. The molecule has 1 heterocycles. The fourth-order valence-electron chi connectivity index (χ4n) is 3.65. The third-order valence-electron chi connectivity index (χ3n) is 4.62. The third kappa shape index (κ3) is 2.28. The second-order valence-electron chi connectivity index (χ2n) is 5.64. The molecule has 1 aromatic rings. The van der Waals surface area contributed by atoms with Crippen molar-refractivity contribution in [3.8, 4) is 0 Å². The van der Waals surface area contributed by atoms with Crippen LogP contribution in [-0.4, -0.2) is 12.6 Å². The minimum absolute atomic E-state index is 0.407. The summed E-state index contributed by atoms with van der Waals surface area (Å²) < 4.78 is 26.3. The van der Waals surface area contributed by atoms with E-state index in [1.54, 1.807) is 6.07 Å². The zero-order valence-electron chi connectivity index (χ0n) is 10.5.